The van der Waals surface area contributed by atoms with E-state index in [1.807, 2.05) is 23.1 Å². The van der Waals surface area contributed by atoms with Crippen LogP contribution in [0.5, 0.6) is 0 Å². The van der Waals surface area contributed by atoms with E-state index >= 15 is 0 Å². The molecule has 150 valence electrons. The van der Waals surface area contributed by atoms with Gasteiger partial charge in [0, 0.05) is 32.7 Å². The first-order valence-corrected chi connectivity index (χ1v) is 11.8. The quantitative estimate of drug-likeness (QED) is 0.626. The van der Waals surface area contributed by atoms with E-state index in [0.717, 1.165) is 31.0 Å². The molecule has 1 aromatic heterocycles. The largest absolute Gasteiger partial charge is 0.335 e. The molecule has 5 nitrogen and oxygen atoms in total. The van der Waals surface area contributed by atoms with Crippen LogP contribution in [-0.4, -0.2) is 50.3 Å². The Labute approximate surface area is 175 Å². The van der Waals surface area contributed by atoms with Gasteiger partial charge in [0.05, 0.1) is 9.77 Å². The summed E-state index contributed by atoms with van der Waals surface area (Å²) < 4.78 is 25.7. The monoisotopic (exact) mass is 426 g/mol. The fourth-order valence-electron chi connectivity index (χ4n) is 3.40. The van der Waals surface area contributed by atoms with Gasteiger partial charge in [-0.1, -0.05) is 48.5 Å². The molecule has 4 rings (SSSR count). The lowest BCUT2D eigenvalue weighted by molar-refractivity contribution is 0.0633. The molecule has 0 bridgehead atoms. The molecule has 1 saturated heterocycles. The molecule has 2 aromatic carbocycles. The molecule has 3 aromatic rings. The molecule has 0 N–H and O–H groups in total. The van der Waals surface area contributed by atoms with Crippen molar-refractivity contribution in [2.45, 2.75) is 15.6 Å². The molecule has 0 aliphatic carbocycles. The summed E-state index contributed by atoms with van der Waals surface area (Å²) >= 11 is 1.05. The van der Waals surface area contributed by atoms with Crippen LogP contribution in [0.1, 0.15) is 15.2 Å². The van der Waals surface area contributed by atoms with Crippen LogP contribution < -0.4 is 0 Å². The maximum atomic E-state index is 12.9. The molecule has 0 spiro atoms. The van der Waals surface area contributed by atoms with Crippen LogP contribution in [0, 0.1) is 0 Å². The first-order chi connectivity index (χ1) is 14.0. The van der Waals surface area contributed by atoms with Gasteiger partial charge in [0.2, 0.25) is 9.84 Å². The van der Waals surface area contributed by atoms with E-state index in [1.54, 1.807) is 36.4 Å². The van der Waals surface area contributed by atoms with Gasteiger partial charge in [-0.3, -0.25) is 9.69 Å². The molecule has 1 aliphatic heterocycles. The van der Waals surface area contributed by atoms with Crippen molar-refractivity contribution in [3.05, 3.63) is 83.2 Å². The average Bonchev–Trinajstić information content (AvgIpc) is 3.26. The summed E-state index contributed by atoms with van der Waals surface area (Å²) in [6.45, 7) is 3.78. The van der Waals surface area contributed by atoms with Gasteiger partial charge in [-0.25, -0.2) is 8.42 Å². The Balaban J connectivity index is 1.40. The summed E-state index contributed by atoms with van der Waals surface area (Å²) in [5, 5.41) is 0. The van der Waals surface area contributed by atoms with Crippen LogP contribution in [0.3, 0.4) is 0 Å². The molecule has 29 heavy (non-hydrogen) atoms. The lowest BCUT2D eigenvalue weighted by Crippen LogP contribution is -2.48. The Morgan fingerprint density at radius 3 is 2.10 bits per heavy atom. The minimum atomic E-state index is -3.59. The van der Waals surface area contributed by atoms with Crippen LogP contribution in [0.4, 0.5) is 0 Å². The fourth-order valence-corrected chi connectivity index (χ4v) is 6.10. The number of benzene rings is 2. The number of piperazine rings is 1. The standard InChI is InChI=1S/C22H22N2O3S2/c25-22(24-15-13-23(14-16-24)17-18-7-3-1-4-8-18)20-11-12-21(28-20)29(26,27)19-9-5-2-6-10-19/h1-12H,13-17H2. The highest BCUT2D eigenvalue weighted by atomic mass is 32.2. The number of hydrogen-bond acceptors (Lipinski definition) is 5. The van der Waals surface area contributed by atoms with Gasteiger partial charge in [0.1, 0.15) is 4.21 Å². The molecule has 1 aliphatic rings. The second-order valence-electron chi connectivity index (χ2n) is 6.99. The van der Waals surface area contributed by atoms with Crippen LogP contribution in [0.15, 0.2) is 81.9 Å². The number of sulfone groups is 1. The van der Waals surface area contributed by atoms with E-state index in [9.17, 15) is 13.2 Å². The maximum Gasteiger partial charge on any atom is 0.264 e. The van der Waals surface area contributed by atoms with Gasteiger partial charge in [0.25, 0.3) is 5.91 Å². The zero-order valence-corrected chi connectivity index (χ0v) is 17.5. The van der Waals surface area contributed by atoms with Gasteiger partial charge in [-0.2, -0.15) is 0 Å². The summed E-state index contributed by atoms with van der Waals surface area (Å²) in [5.41, 5.74) is 1.27. The number of carbonyl (C=O) groups is 1. The van der Waals surface area contributed by atoms with E-state index in [1.165, 1.54) is 11.6 Å². The van der Waals surface area contributed by atoms with Gasteiger partial charge in [-0.05, 0) is 29.8 Å². The molecule has 0 radical (unpaired) electrons. The fraction of sp³-hybridized carbons (Fsp3) is 0.227. The van der Waals surface area contributed by atoms with Crippen LogP contribution in [0.2, 0.25) is 0 Å². The molecular formula is C22H22N2O3S2. The van der Waals surface area contributed by atoms with Crippen LogP contribution >= 0.6 is 11.3 Å². The summed E-state index contributed by atoms with van der Waals surface area (Å²) in [5.74, 6) is -0.0936. The molecule has 0 saturated carbocycles. The second-order valence-corrected chi connectivity index (χ2v) is 10.2. The van der Waals surface area contributed by atoms with Gasteiger partial charge in [-0.15, -0.1) is 11.3 Å². The SMILES string of the molecule is O=C(c1ccc(S(=O)(=O)c2ccccc2)s1)N1CCN(Cc2ccccc2)CC1. The Bertz CT molecular complexity index is 1070. The Morgan fingerprint density at radius 1 is 0.828 bits per heavy atom. The average molecular weight is 427 g/mol. The van der Waals surface area contributed by atoms with E-state index in [0.29, 0.717) is 18.0 Å². The maximum absolute atomic E-state index is 12.9. The van der Waals surface area contributed by atoms with Crippen LogP contribution in [0.25, 0.3) is 0 Å². The second kappa shape index (κ2) is 8.49. The molecule has 7 heteroatoms. The Kier molecular flexibility index (Phi) is 5.80. The van der Waals surface area contributed by atoms with Crippen molar-refractivity contribution in [1.82, 2.24) is 9.80 Å². The summed E-state index contributed by atoms with van der Waals surface area (Å²) in [6, 6.07) is 21.8. The smallest absolute Gasteiger partial charge is 0.264 e. The number of rotatable bonds is 5. The molecule has 0 atom stereocenters. The number of thiophene rings is 1. The van der Waals surface area contributed by atoms with Crippen molar-refractivity contribution in [3.8, 4) is 0 Å². The lowest BCUT2D eigenvalue weighted by atomic mass is 10.2. The van der Waals surface area contributed by atoms with Crippen molar-refractivity contribution in [2.24, 2.45) is 0 Å². The van der Waals surface area contributed by atoms with E-state index < -0.39 is 9.84 Å². The predicted molar refractivity (Wildman–Crippen MR) is 114 cm³/mol. The molecule has 1 fully saturated rings. The highest BCUT2D eigenvalue weighted by molar-refractivity contribution is 7.93. The third-order valence-corrected chi connectivity index (χ3v) is 8.35. The summed E-state index contributed by atoms with van der Waals surface area (Å²) in [6.07, 6.45) is 0. The minimum absolute atomic E-state index is 0.0936. The van der Waals surface area contributed by atoms with E-state index in [2.05, 4.69) is 17.0 Å². The molecular weight excluding hydrogens is 404 g/mol. The van der Waals surface area contributed by atoms with Gasteiger partial charge >= 0.3 is 0 Å². The number of carbonyl (C=O) groups excluding carboxylic acids is 1. The summed E-state index contributed by atoms with van der Waals surface area (Å²) in [7, 11) is -3.59. The third kappa shape index (κ3) is 4.42. The van der Waals surface area contributed by atoms with Gasteiger partial charge < -0.3 is 4.90 Å². The number of nitrogens with zero attached hydrogens (tertiary/aromatic N) is 2. The normalized spacial score (nSPS) is 15.4. The topological polar surface area (TPSA) is 57.7 Å². The van der Waals surface area contributed by atoms with Crippen LogP contribution in [-0.2, 0) is 16.4 Å². The predicted octanol–water partition coefficient (Wildman–Crippen LogP) is 3.54. The van der Waals surface area contributed by atoms with Crippen molar-refractivity contribution >= 4 is 27.1 Å². The Morgan fingerprint density at radius 2 is 1.45 bits per heavy atom. The minimum Gasteiger partial charge on any atom is -0.335 e. The third-order valence-electron chi connectivity index (χ3n) is 5.02. The van der Waals surface area contributed by atoms with Gasteiger partial charge in [0.15, 0.2) is 0 Å². The molecule has 0 unspecified atom stereocenters. The highest BCUT2D eigenvalue weighted by Crippen LogP contribution is 2.28. The van der Waals surface area contributed by atoms with Crippen molar-refractivity contribution in [1.29, 1.82) is 0 Å². The Hall–Kier alpha value is -2.48. The number of amides is 1. The first-order valence-electron chi connectivity index (χ1n) is 9.49. The molecule has 1 amide bonds. The van der Waals surface area contributed by atoms with E-state index in [4.69, 9.17) is 0 Å². The van der Waals surface area contributed by atoms with Crippen molar-refractivity contribution in [2.75, 3.05) is 26.2 Å². The zero-order chi connectivity index (χ0) is 20.3. The highest BCUT2D eigenvalue weighted by Gasteiger charge is 2.26. The zero-order valence-electron chi connectivity index (χ0n) is 15.9. The van der Waals surface area contributed by atoms with E-state index in [-0.39, 0.29) is 15.0 Å². The summed E-state index contributed by atoms with van der Waals surface area (Å²) in [4.78, 5) is 17.7. The lowest BCUT2D eigenvalue weighted by Gasteiger charge is -2.34. The number of hydrogen-bond donors (Lipinski definition) is 0. The van der Waals surface area contributed by atoms with Crippen molar-refractivity contribution in [3.63, 3.8) is 0 Å². The first kappa shape index (κ1) is 19.8. The molecule has 2 heterocycles. The van der Waals surface area contributed by atoms with Crippen molar-refractivity contribution < 1.29 is 13.2 Å².